The van der Waals surface area contributed by atoms with Gasteiger partial charge in [0.2, 0.25) is 5.91 Å². The summed E-state index contributed by atoms with van der Waals surface area (Å²) in [6.07, 6.45) is -4.78. The minimum atomic E-state index is -4.94. The number of likely N-dealkylation sites (N-methyl/N-ethyl adjacent to an activating group) is 1. The van der Waals surface area contributed by atoms with Crippen molar-refractivity contribution in [1.29, 1.82) is 0 Å². The average molecular weight is 395 g/mol. The quantitative estimate of drug-likeness (QED) is 0.745. The lowest BCUT2D eigenvalue weighted by Gasteiger charge is -2.25. The fraction of sp³-hybridized carbons (Fsp3) is 0.500. The summed E-state index contributed by atoms with van der Waals surface area (Å²) >= 11 is 0. The zero-order chi connectivity index (χ0) is 19.9. The number of sulfone groups is 1. The average Bonchev–Trinajstić information content (AvgIpc) is 2.86. The molecule has 0 spiro atoms. The first-order valence-electron chi connectivity index (χ1n) is 7.40. The van der Waals surface area contributed by atoms with Crippen LogP contribution in [0.3, 0.4) is 0 Å². The first-order valence-corrected chi connectivity index (χ1v) is 9.22. The molecule has 2 rings (SSSR count). The van der Waals surface area contributed by atoms with Gasteiger partial charge in [-0.3, -0.25) is 19.0 Å². The SMILES string of the molecule is CN(C(=O)Cn1c(C(F)(F)F)ccc(C(N)=O)c1=O)[C@@H]1CCS(=O)(=O)C1. The van der Waals surface area contributed by atoms with E-state index in [2.05, 4.69) is 0 Å². The Hall–Kier alpha value is -2.37. The van der Waals surface area contributed by atoms with E-state index in [9.17, 15) is 36.0 Å². The normalized spacial score (nSPS) is 19.3. The summed E-state index contributed by atoms with van der Waals surface area (Å²) in [5, 5.41) is 0. The second-order valence-corrected chi connectivity index (χ2v) is 8.18. The van der Waals surface area contributed by atoms with Crippen molar-refractivity contribution in [1.82, 2.24) is 9.47 Å². The molecule has 2 N–H and O–H groups in total. The van der Waals surface area contributed by atoms with Crippen LogP contribution < -0.4 is 11.3 Å². The van der Waals surface area contributed by atoms with E-state index in [-0.39, 0.29) is 22.5 Å². The highest BCUT2D eigenvalue weighted by molar-refractivity contribution is 7.91. The maximum Gasteiger partial charge on any atom is 0.431 e. The molecule has 1 fully saturated rings. The number of aromatic nitrogens is 1. The molecule has 1 saturated heterocycles. The molecule has 1 aliphatic heterocycles. The highest BCUT2D eigenvalue weighted by atomic mass is 32.2. The third-order valence-corrected chi connectivity index (χ3v) is 5.92. The Morgan fingerprint density at radius 2 is 1.96 bits per heavy atom. The van der Waals surface area contributed by atoms with E-state index >= 15 is 0 Å². The summed E-state index contributed by atoms with van der Waals surface area (Å²) in [6.45, 7) is -0.998. The lowest BCUT2D eigenvalue weighted by Crippen LogP contribution is -2.43. The van der Waals surface area contributed by atoms with Crippen LogP contribution >= 0.6 is 0 Å². The molecule has 1 aliphatic rings. The number of nitrogens with two attached hydrogens (primary N) is 1. The predicted molar refractivity (Wildman–Crippen MR) is 84.1 cm³/mol. The minimum Gasteiger partial charge on any atom is -0.365 e. The van der Waals surface area contributed by atoms with Crippen molar-refractivity contribution >= 4 is 21.7 Å². The number of hydrogen-bond donors (Lipinski definition) is 1. The molecule has 0 saturated carbocycles. The van der Waals surface area contributed by atoms with Gasteiger partial charge in [0.1, 0.15) is 17.8 Å². The van der Waals surface area contributed by atoms with Crippen molar-refractivity contribution in [3.8, 4) is 0 Å². The molecular weight excluding hydrogens is 379 g/mol. The van der Waals surface area contributed by atoms with Gasteiger partial charge < -0.3 is 10.6 Å². The van der Waals surface area contributed by atoms with Gasteiger partial charge in [-0.05, 0) is 18.6 Å². The lowest BCUT2D eigenvalue weighted by molar-refractivity contribution is -0.145. The van der Waals surface area contributed by atoms with Crippen LogP contribution in [0, 0.1) is 0 Å². The molecule has 0 radical (unpaired) electrons. The topological polar surface area (TPSA) is 120 Å². The monoisotopic (exact) mass is 395 g/mol. The van der Waals surface area contributed by atoms with Crippen LogP contribution in [0.1, 0.15) is 22.5 Å². The number of alkyl halides is 3. The van der Waals surface area contributed by atoms with Crippen LogP contribution in [0.5, 0.6) is 0 Å². The van der Waals surface area contributed by atoms with E-state index in [1.54, 1.807) is 0 Å². The minimum absolute atomic E-state index is 0.125. The Bertz CT molecular complexity index is 907. The van der Waals surface area contributed by atoms with Gasteiger partial charge in [0, 0.05) is 13.1 Å². The Morgan fingerprint density at radius 3 is 2.42 bits per heavy atom. The van der Waals surface area contributed by atoms with Gasteiger partial charge in [0.15, 0.2) is 9.84 Å². The summed E-state index contributed by atoms with van der Waals surface area (Å²) in [5.41, 5.74) is 1.53. The molecule has 8 nitrogen and oxygen atoms in total. The molecule has 0 unspecified atom stereocenters. The standard InChI is InChI=1S/C14H16F3N3O5S/c1-19(8-4-5-26(24,25)7-8)11(21)6-20-10(14(15,16)17)3-2-9(12(18)22)13(20)23/h2-3,8H,4-7H2,1H3,(H2,18,22)/t8-/m1/s1. The highest BCUT2D eigenvalue weighted by Gasteiger charge is 2.37. The summed E-state index contributed by atoms with van der Waals surface area (Å²) in [7, 11) is -2.05. The van der Waals surface area contributed by atoms with Crippen LogP contribution in [0.4, 0.5) is 13.2 Å². The molecule has 1 atom stereocenters. The van der Waals surface area contributed by atoms with Crippen molar-refractivity contribution in [3.05, 3.63) is 33.7 Å². The van der Waals surface area contributed by atoms with Gasteiger partial charge in [0.05, 0.1) is 11.5 Å². The summed E-state index contributed by atoms with van der Waals surface area (Å²) in [5.74, 6) is -2.53. The van der Waals surface area contributed by atoms with E-state index in [1.807, 2.05) is 0 Å². The van der Waals surface area contributed by atoms with Crippen molar-refractivity contribution in [3.63, 3.8) is 0 Å². The Labute approximate surface area is 146 Å². The van der Waals surface area contributed by atoms with Gasteiger partial charge in [-0.2, -0.15) is 13.2 Å². The predicted octanol–water partition coefficient (Wildman–Crippen LogP) is -0.388. The molecular formula is C14H16F3N3O5S. The smallest absolute Gasteiger partial charge is 0.365 e. The second kappa shape index (κ2) is 6.74. The second-order valence-electron chi connectivity index (χ2n) is 5.95. The highest BCUT2D eigenvalue weighted by Crippen LogP contribution is 2.28. The van der Waals surface area contributed by atoms with Gasteiger partial charge >= 0.3 is 6.18 Å². The molecule has 144 valence electrons. The maximum atomic E-state index is 13.1. The molecule has 0 aliphatic carbocycles. The summed E-state index contributed by atoms with van der Waals surface area (Å²) < 4.78 is 62.5. The number of primary amides is 1. The molecule has 1 aromatic rings. The summed E-state index contributed by atoms with van der Waals surface area (Å²) in [4.78, 5) is 36.7. The third kappa shape index (κ3) is 4.06. The number of hydrogen-bond acceptors (Lipinski definition) is 5. The number of carbonyl (C=O) groups is 2. The summed E-state index contributed by atoms with van der Waals surface area (Å²) in [6, 6.07) is 0.466. The van der Waals surface area contributed by atoms with E-state index in [0.29, 0.717) is 12.1 Å². The number of amides is 2. The first kappa shape index (κ1) is 19.9. The van der Waals surface area contributed by atoms with Crippen molar-refractivity contribution in [2.24, 2.45) is 5.73 Å². The van der Waals surface area contributed by atoms with E-state index < -0.39 is 57.2 Å². The van der Waals surface area contributed by atoms with Gasteiger partial charge in [-0.1, -0.05) is 0 Å². The van der Waals surface area contributed by atoms with E-state index in [1.165, 1.54) is 7.05 Å². The third-order valence-electron chi connectivity index (χ3n) is 4.17. The zero-order valence-corrected chi connectivity index (χ0v) is 14.4. The number of rotatable bonds is 4. The van der Waals surface area contributed by atoms with E-state index in [0.717, 1.165) is 4.90 Å². The number of carbonyl (C=O) groups excluding carboxylic acids is 2. The van der Waals surface area contributed by atoms with Gasteiger partial charge in [0.25, 0.3) is 11.5 Å². The molecule has 0 bridgehead atoms. The maximum absolute atomic E-state index is 13.1. The molecule has 2 heterocycles. The largest absolute Gasteiger partial charge is 0.431 e. The molecule has 0 aromatic carbocycles. The molecule has 1 aromatic heterocycles. The first-order chi connectivity index (χ1) is 11.8. The Kier molecular flexibility index (Phi) is 5.17. The van der Waals surface area contributed by atoms with Crippen molar-refractivity contribution in [2.75, 3.05) is 18.6 Å². The molecule has 12 heteroatoms. The number of pyridine rings is 1. The van der Waals surface area contributed by atoms with Crippen molar-refractivity contribution < 1.29 is 31.2 Å². The van der Waals surface area contributed by atoms with E-state index in [4.69, 9.17) is 5.73 Å². The molecule has 2 amide bonds. The number of halogens is 3. The van der Waals surface area contributed by atoms with Gasteiger partial charge in [-0.25, -0.2) is 8.42 Å². The molecule has 26 heavy (non-hydrogen) atoms. The van der Waals surface area contributed by atoms with Crippen LogP contribution in [0.2, 0.25) is 0 Å². The fourth-order valence-electron chi connectivity index (χ4n) is 2.70. The fourth-order valence-corrected chi connectivity index (χ4v) is 4.48. The Balaban J connectivity index is 2.38. The van der Waals surface area contributed by atoms with Crippen LogP contribution in [-0.2, 0) is 27.4 Å². The van der Waals surface area contributed by atoms with Crippen LogP contribution in [0.15, 0.2) is 16.9 Å². The number of nitrogens with zero attached hydrogens (tertiary/aromatic N) is 2. The van der Waals surface area contributed by atoms with Gasteiger partial charge in [-0.15, -0.1) is 0 Å². The lowest BCUT2D eigenvalue weighted by atomic mass is 10.2. The van der Waals surface area contributed by atoms with Crippen molar-refractivity contribution in [2.45, 2.75) is 25.2 Å². The van der Waals surface area contributed by atoms with Crippen LogP contribution in [-0.4, -0.2) is 54.3 Å². The Morgan fingerprint density at radius 1 is 1.35 bits per heavy atom. The zero-order valence-electron chi connectivity index (χ0n) is 13.6. The van der Waals surface area contributed by atoms with Crippen LogP contribution in [0.25, 0.3) is 0 Å².